The molecule has 0 bridgehead atoms. The van der Waals surface area contributed by atoms with Crippen LogP contribution in [0.5, 0.6) is 0 Å². The predicted octanol–water partition coefficient (Wildman–Crippen LogP) is 4.43. The number of rotatable bonds is 4. The van der Waals surface area contributed by atoms with E-state index in [0.717, 1.165) is 23.9 Å². The minimum Gasteiger partial charge on any atom is -0.294 e. The maximum absolute atomic E-state index is 13.8. The van der Waals surface area contributed by atoms with Crippen LogP contribution in [0.3, 0.4) is 0 Å². The van der Waals surface area contributed by atoms with E-state index in [4.69, 9.17) is 0 Å². The monoisotopic (exact) mass is 312 g/mol. The zero-order valence-electron chi connectivity index (χ0n) is 12.2. The maximum Gasteiger partial charge on any atom is 0.416 e. The molecule has 1 heterocycles. The third-order valence-electron chi connectivity index (χ3n) is 3.57. The van der Waals surface area contributed by atoms with Crippen molar-refractivity contribution < 1.29 is 17.6 Å². The van der Waals surface area contributed by atoms with Crippen LogP contribution in [0.4, 0.5) is 17.6 Å². The Morgan fingerprint density at radius 1 is 1.18 bits per heavy atom. The summed E-state index contributed by atoms with van der Waals surface area (Å²) in [6.45, 7) is 1.93. The van der Waals surface area contributed by atoms with Crippen molar-refractivity contribution in [2.75, 3.05) is 7.05 Å². The van der Waals surface area contributed by atoms with Gasteiger partial charge < -0.3 is 0 Å². The Morgan fingerprint density at radius 3 is 2.50 bits per heavy atom. The Morgan fingerprint density at radius 2 is 1.91 bits per heavy atom. The standard InChI is InChI=1S/C16H16F4N2/c1-11(15-5-3-4-8-21-15)22(2)10-12-9-13(16(18,19)20)6-7-14(12)17/h3-9,11H,10H2,1-2H3. The van der Waals surface area contributed by atoms with Crippen LogP contribution in [0.15, 0.2) is 42.6 Å². The highest BCUT2D eigenvalue weighted by Crippen LogP contribution is 2.31. The molecule has 2 rings (SSSR count). The zero-order valence-corrected chi connectivity index (χ0v) is 12.2. The summed E-state index contributed by atoms with van der Waals surface area (Å²) in [7, 11) is 1.72. The predicted molar refractivity (Wildman–Crippen MR) is 75.5 cm³/mol. The van der Waals surface area contributed by atoms with E-state index in [1.165, 1.54) is 0 Å². The number of hydrogen-bond acceptors (Lipinski definition) is 2. The van der Waals surface area contributed by atoms with E-state index in [-0.39, 0.29) is 18.2 Å². The largest absolute Gasteiger partial charge is 0.416 e. The minimum atomic E-state index is -4.48. The summed E-state index contributed by atoms with van der Waals surface area (Å²) in [5, 5.41) is 0. The van der Waals surface area contributed by atoms with Crippen molar-refractivity contribution in [1.29, 1.82) is 0 Å². The highest BCUT2D eigenvalue weighted by atomic mass is 19.4. The maximum atomic E-state index is 13.8. The second-order valence-corrected chi connectivity index (χ2v) is 5.15. The molecule has 1 aromatic carbocycles. The van der Waals surface area contributed by atoms with Crippen LogP contribution in [-0.4, -0.2) is 16.9 Å². The van der Waals surface area contributed by atoms with Gasteiger partial charge in [0.1, 0.15) is 5.82 Å². The van der Waals surface area contributed by atoms with Crippen LogP contribution in [0, 0.1) is 5.82 Å². The van der Waals surface area contributed by atoms with Gasteiger partial charge in [0.2, 0.25) is 0 Å². The summed E-state index contributed by atoms with van der Waals surface area (Å²) in [4.78, 5) is 5.96. The van der Waals surface area contributed by atoms with Gasteiger partial charge >= 0.3 is 6.18 Å². The van der Waals surface area contributed by atoms with Gasteiger partial charge in [-0.2, -0.15) is 13.2 Å². The van der Waals surface area contributed by atoms with Crippen molar-refractivity contribution >= 4 is 0 Å². The number of benzene rings is 1. The summed E-state index contributed by atoms with van der Waals surface area (Å²) >= 11 is 0. The molecule has 0 saturated carbocycles. The molecule has 0 radical (unpaired) electrons. The molecule has 118 valence electrons. The van der Waals surface area contributed by atoms with Crippen LogP contribution in [0.1, 0.15) is 29.8 Å². The lowest BCUT2D eigenvalue weighted by atomic mass is 10.1. The van der Waals surface area contributed by atoms with Crippen LogP contribution in [0.25, 0.3) is 0 Å². The molecule has 1 atom stereocenters. The van der Waals surface area contributed by atoms with Crippen LogP contribution < -0.4 is 0 Å². The molecule has 0 spiro atoms. The molecule has 22 heavy (non-hydrogen) atoms. The van der Waals surface area contributed by atoms with Gasteiger partial charge in [-0.15, -0.1) is 0 Å². The van der Waals surface area contributed by atoms with Crippen molar-refractivity contribution in [2.45, 2.75) is 25.7 Å². The fourth-order valence-electron chi connectivity index (χ4n) is 2.13. The quantitative estimate of drug-likeness (QED) is 0.776. The SMILES string of the molecule is CC(c1ccccn1)N(C)Cc1cc(C(F)(F)F)ccc1F. The van der Waals surface area contributed by atoms with Gasteiger partial charge in [0.15, 0.2) is 0 Å². The van der Waals surface area contributed by atoms with Gasteiger partial charge in [0.25, 0.3) is 0 Å². The van der Waals surface area contributed by atoms with E-state index >= 15 is 0 Å². The van der Waals surface area contributed by atoms with Gasteiger partial charge in [0.05, 0.1) is 11.3 Å². The summed E-state index contributed by atoms with van der Waals surface area (Å²) < 4.78 is 51.9. The van der Waals surface area contributed by atoms with Gasteiger partial charge in [0, 0.05) is 24.3 Å². The fourth-order valence-corrected chi connectivity index (χ4v) is 2.13. The molecule has 2 aromatic rings. The summed E-state index contributed by atoms with van der Waals surface area (Å²) in [6, 6.07) is 7.76. The molecule has 0 aliphatic heterocycles. The first kappa shape index (κ1) is 16.4. The van der Waals surface area contributed by atoms with Crippen LogP contribution >= 0.6 is 0 Å². The second-order valence-electron chi connectivity index (χ2n) is 5.15. The average Bonchev–Trinajstić information content (AvgIpc) is 2.48. The Kier molecular flexibility index (Phi) is 4.81. The first-order valence-corrected chi connectivity index (χ1v) is 6.76. The van der Waals surface area contributed by atoms with Crippen molar-refractivity contribution in [2.24, 2.45) is 0 Å². The summed E-state index contributed by atoms with van der Waals surface area (Å²) in [5.74, 6) is -0.645. The number of pyridine rings is 1. The summed E-state index contributed by atoms with van der Waals surface area (Å²) in [6.07, 6.45) is -2.84. The van der Waals surface area contributed by atoms with Crippen molar-refractivity contribution in [3.8, 4) is 0 Å². The zero-order chi connectivity index (χ0) is 16.3. The first-order valence-electron chi connectivity index (χ1n) is 6.76. The lowest BCUT2D eigenvalue weighted by Gasteiger charge is -2.24. The highest BCUT2D eigenvalue weighted by Gasteiger charge is 2.31. The third-order valence-corrected chi connectivity index (χ3v) is 3.57. The first-order chi connectivity index (χ1) is 10.3. The van der Waals surface area contributed by atoms with E-state index in [1.807, 2.05) is 19.1 Å². The molecule has 0 saturated heterocycles. The molecule has 1 aromatic heterocycles. The van der Waals surface area contributed by atoms with Gasteiger partial charge in [-0.3, -0.25) is 9.88 Å². The lowest BCUT2D eigenvalue weighted by Crippen LogP contribution is -2.23. The van der Waals surface area contributed by atoms with Crippen molar-refractivity contribution in [3.63, 3.8) is 0 Å². The molecular weight excluding hydrogens is 296 g/mol. The molecule has 2 nitrogen and oxygen atoms in total. The highest BCUT2D eigenvalue weighted by molar-refractivity contribution is 5.27. The van der Waals surface area contributed by atoms with E-state index in [0.29, 0.717) is 0 Å². The lowest BCUT2D eigenvalue weighted by molar-refractivity contribution is -0.137. The van der Waals surface area contributed by atoms with E-state index in [1.54, 1.807) is 24.2 Å². The van der Waals surface area contributed by atoms with Gasteiger partial charge in [-0.1, -0.05) is 6.07 Å². The minimum absolute atomic E-state index is 0.0140. The van der Waals surface area contributed by atoms with Crippen LogP contribution in [0.2, 0.25) is 0 Å². The van der Waals surface area contributed by atoms with E-state index in [2.05, 4.69) is 4.98 Å². The number of hydrogen-bond donors (Lipinski definition) is 0. The van der Waals surface area contributed by atoms with Gasteiger partial charge in [-0.25, -0.2) is 4.39 Å². The number of nitrogens with zero attached hydrogens (tertiary/aromatic N) is 2. The van der Waals surface area contributed by atoms with E-state index in [9.17, 15) is 17.6 Å². The van der Waals surface area contributed by atoms with Crippen molar-refractivity contribution in [1.82, 2.24) is 9.88 Å². The molecule has 0 aliphatic carbocycles. The molecule has 0 amide bonds. The third kappa shape index (κ3) is 3.82. The fraction of sp³-hybridized carbons (Fsp3) is 0.312. The normalized spacial score (nSPS) is 13.4. The average molecular weight is 312 g/mol. The smallest absolute Gasteiger partial charge is 0.294 e. The van der Waals surface area contributed by atoms with Crippen LogP contribution in [-0.2, 0) is 12.7 Å². The van der Waals surface area contributed by atoms with Crippen molar-refractivity contribution in [3.05, 3.63) is 65.2 Å². The second kappa shape index (κ2) is 6.44. The summed E-state index contributed by atoms with van der Waals surface area (Å²) in [5.41, 5.74) is -0.0553. The molecule has 0 fully saturated rings. The van der Waals surface area contributed by atoms with Gasteiger partial charge in [-0.05, 0) is 44.3 Å². The Balaban J connectivity index is 2.19. The Labute approximate surface area is 126 Å². The topological polar surface area (TPSA) is 16.1 Å². The molecule has 6 heteroatoms. The number of aromatic nitrogens is 1. The Hall–Kier alpha value is -1.95. The molecule has 0 aliphatic rings. The Bertz CT molecular complexity index is 626. The molecule has 0 N–H and O–H groups in total. The molecular formula is C16H16F4N2. The molecule has 1 unspecified atom stereocenters. The van der Waals surface area contributed by atoms with E-state index < -0.39 is 17.6 Å². The number of halogens is 4. The number of alkyl halides is 3.